The Kier molecular flexibility index (Phi) is 8.03. The Hall–Kier alpha value is -2.06. The molecule has 0 saturated heterocycles. The second kappa shape index (κ2) is 10.3. The molecule has 3 rings (SSSR count). The topological polar surface area (TPSA) is 87.9 Å². The summed E-state index contributed by atoms with van der Waals surface area (Å²) in [6.45, 7) is 5.05. The highest BCUT2D eigenvalue weighted by Gasteiger charge is 2.49. The molecule has 0 aliphatic heterocycles. The molecule has 2 saturated carbocycles. The number of hydrazone groups is 1. The average molecular weight is 481 g/mol. The molecule has 0 radical (unpaired) electrons. The van der Waals surface area contributed by atoms with Crippen LogP contribution in [0.25, 0.3) is 0 Å². The number of rotatable bonds is 8. The fourth-order valence-corrected chi connectivity index (χ4v) is 5.99. The predicted octanol–water partition coefficient (Wildman–Crippen LogP) is 5.34. The minimum atomic E-state index is -3.09. The highest BCUT2D eigenvalue weighted by atomic mass is 19.3. The number of allylic oxidation sites excluding steroid dienone is 1. The maximum absolute atomic E-state index is 14.2. The van der Waals surface area contributed by atoms with Crippen LogP contribution in [-0.2, 0) is 0 Å². The number of hydrazine groups is 1. The molecule has 3 atom stereocenters. The predicted molar refractivity (Wildman–Crippen MR) is 129 cm³/mol. The molecule has 2 aliphatic carbocycles. The van der Waals surface area contributed by atoms with Crippen molar-refractivity contribution in [3.05, 3.63) is 47.3 Å². The van der Waals surface area contributed by atoms with Gasteiger partial charge >= 0.3 is 0 Å². The quantitative estimate of drug-likeness (QED) is 0.154. The van der Waals surface area contributed by atoms with Gasteiger partial charge in [-0.05, 0) is 88.2 Å². The summed E-state index contributed by atoms with van der Waals surface area (Å²) >= 11 is 0. The van der Waals surface area contributed by atoms with Gasteiger partial charge in [-0.25, -0.2) is 19.0 Å². The van der Waals surface area contributed by atoms with Crippen molar-refractivity contribution >= 4 is 5.84 Å². The first-order valence-corrected chi connectivity index (χ1v) is 12.2. The fraction of sp³-hybridized carbons (Fsp3) is 0.654. The van der Waals surface area contributed by atoms with Crippen molar-refractivity contribution in [2.24, 2.45) is 34.0 Å². The molecule has 8 heteroatoms. The Labute approximate surface area is 201 Å². The third kappa shape index (κ3) is 5.60. The third-order valence-corrected chi connectivity index (χ3v) is 8.13. The molecule has 3 unspecified atom stereocenters. The minimum absolute atomic E-state index is 0.0842. The van der Waals surface area contributed by atoms with E-state index in [0.29, 0.717) is 36.2 Å². The number of halogens is 3. The van der Waals surface area contributed by atoms with Crippen LogP contribution in [0.1, 0.15) is 77.7 Å². The van der Waals surface area contributed by atoms with Crippen molar-refractivity contribution < 1.29 is 18.3 Å². The summed E-state index contributed by atoms with van der Waals surface area (Å²) in [7, 11) is 0. The van der Waals surface area contributed by atoms with Crippen LogP contribution in [0, 0.1) is 23.1 Å². The van der Waals surface area contributed by atoms with Crippen molar-refractivity contribution in [1.82, 2.24) is 5.01 Å². The molecule has 190 valence electrons. The smallest absolute Gasteiger partial charge is 0.275 e. The van der Waals surface area contributed by atoms with Gasteiger partial charge in [-0.15, -0.1) is 0 Å². The summed E-state index contributed by atoms with van der Waals surface area (Å²) in [6, 6.07) is 6.00. The highest BCUT2D eigenvalue weighted by Crippen LogP contribution is 2.58. The lowest BCUT2D eigenvalue weighted by molar-refractivity contribution is -0.166. The van der Waals surface area contributed by atoms with Crippen molar-refractivity contribution in [2.75, 3.05) is 6.54 Å². The molecule has 0 bridgehead atoms. The summed E-state index contributed by atoms with van der Waals surface area (Å²) in [4.78, 5) is 0. The van der Waals surface area contributed by atoms with Gasteiger partial charge < -0.3 is 10.9 Å². The van der Waals surface area contributed by atoms with Crippen LogP contribution >= 0.6 is 0 Å². The molecule has 2 fully saturated rings. The third-order valence-electron chi connectivity index (χ3n) is 8.13. The Balaban J connectivity index is 1.64. The van der Waals surface area contributed by atoms with Crippen LogP contribution in [-0.4, -0.2) is 34.0 Å². The summed E-state index contributed by atoms with van der Waals surface area (Å²) in [6.07, 6.45) is 8.21. The lowest BCUT2D eigenvalue weighted by Gasteiger charge is -2.43. The van der Waals surface area contributed by atoms with E-state index in [1.54, 1.807) is 12.1 Å². The first-order valence-electron chi connectivity index (χ1n) is 12.2. The van der Waals surface area contributed by atoms with Crippen LogP contribution in [0.15, 0.2) is 41.0 Å². The van der Waals surface area contributed by atoms with Crippen molar-refractivity contribution in [2.45, 2.75) is 83.7 Å². The van der Waals surface area contributed by atoms with Crippen LogP contribution < -0.4 is 11.7 Å². The lowest BCUT2D eigenvalue weighted by Crippen LogP contribution is -2.42. The number of aliphatic hydroxyl groups is 1. The summed E-state index contributed by atoms with van der Waals surface area (Å²) in [5.74, 6) is 9.42. The molecule has 5 N–H and O–H groups in total. The molecule has 0 amide bonds. The van der Waals surface area contributed by atoms with E-state index in [4.69, 9.17) is 11.7 Å². The second-order valence-corrected chi connectivity index (χ2v) is 10.7. The van der Waals surface area contributed by atoms with Crippen LogP contribution in [0.3, 0.4) is 0 Å². The Morgan fingerprint density at radius 1 is 1.32 bits per heavy atom. The standard InChI is InChI=1S/C26H39F3N4O/c1-24(2,34)26(28,29)15-6-9-20-11-12-22-18(8-5-14-25(20,22)3)13-16-33(31)23(32-30)19-7-4-10-21(27)17-19/h4,7,10,13,17,20,22,34H,5-6,8-9,11-12,14-16,30-31H2,1-3H3/b18-13+,32-23-. The number of nitrogens with two attached hydrogens (primary N) is 2. The maximum atomic E-state index is 14.2. The van der Waals surface area contributed by atoms with E-state index in [1.165, 1.54) is 36.6 Å². The summed E-state index contributed by atoms with van der Waals surface area (Å²) < 4.78 is 42.0. The van der Waals surface area contributed by atoms with Crippen molar-refractivity contribution in [3.63, 3.8) is 0 Å². The van der Waals surface area contributed by atoms with E-state index in [1.807, 2.05) is 0 Å². The van der Waals surface area contributed by atoms with Gasteiger partial charge in [0.05, 0.1) is 6.54 Å². The van der Waals surface area contributed by atoms with Gasteiger partial charge in [0.15, 0.2) is 5.84 Å². The first kappa shape index (κ1) is 26.5. The maximum Gasteiger partial charge on any atom is 0.275 e. The number of benzene rings is 1. The van der Waals surface area contributed by atoms with E-state index in [-0.39, 0.29) is 17.7 Å². The van der Waals surface area contributed by atoms with Crippen molar-refractivity contribution in [3.8, 4) is 0 Å². The molecule has 34 heavy (non-hydrogen) atoms. The summed E-state index contributed by atoms with van der Waals surface area (Å²) in [5, 5.41) is 14.9. The van der Waals surface area contributed by atoms with Crippen LogP contribution in [0.5, 0.6) is 0 Å². The average Bonchev–Trinajstić information content (AvgIpc) is 3.08. The molecule has 0 heterocycles. The second-order valence-electron chi connectivity index (χ2n) is 10.7. The van der Waals surface area contributed by atoms with Crippen LogP contribution in [0.2, 0.25) is 0 Å². The Morgan fingerprint density at radius 3 is 2.71 bits per heavy atom. The SMILES string of the molecule is CC12CCC/C(=C\CN(N)/C(=N\N)c3cccc(F)c3)C1CCC2CCCC(F)(F)C(C)(C)O. The van der Waals surface area contributed by atoms with E-state index >= 15 is 0 Å². The molecule has 5 nitrogen and oxygen atoms in total. The molecular weight excluding hydrogens is 441 g/mol. The normalized spacial score (nSPS) is 27.2. The van der Waals surface area contributed by atoms with Gasteiger partial charge in [-0.1, -0.05) is 30.7 Å². The number of hydrogen-bond donors (Lipinski definition) is 3. The van der Waals surface area contributed by atoms with Crippen molar-refractivity contribution in [1.29, 1.82) is 0 Å². The molecule has 0 aromatic heterocycles. The zero-order valence-corrected chi connectivity index (χ0v) is 20.5. The molecule has 1 aromatic carbocycles. The first-order chi connectivity index (χ1) is 15.9. The van der Waals surface area contributed by atoms with Gasteiger partial charge in [0.1, 0.15) is 11.4 Å². The molecule has 1 aromatic rings. The molecular formula is C26H39F3N4O. The highest BCUT2D eigenvalue weighted by molar-refractivity contribution is 5.98. The van der Waals surface area contributed by atoms with Gasteiger partial charge in [-0.2, -0.15) is 5.10 Å². The zero-order valence-electron chi connectivity index (χ0n) is 20.5. The zero-order chi connectivity index (χ0) is 25.1. The van der Waals surface area contributed by atoms with E-state index in [2.05, 4.69) is 18.1 Å². The monoisotopic (exact) mass is 480 g/mol. The number of nitrogens with zero attached hydrogens (tertiary/aromatic N) is 2. The van der Waals surface area contributed by atoms with Gasteiger partial charge in [0, 0.05) is 12.0 Å². The molecule has 2 aliphatic rings. The number of fused-ring (bicyclic) bond motifs is 1. The number of hydrogen-bond acceptors (Lipinski definition) is 4. The summed E-state index contributed by atoms with van der Waals surface area (Å²) in [5.41, 5.74) is -0.0491. The van der Waals surface area contributed by atoms with Gasteiger partial charge in [-0.3, -0.25) is 5.01 Å². The molecule has 0 spiro atoms. The van der Waals surface area contributed by atoms with E-state index in [9.17, 15) is 18.3 Å². The van der Waals surface area contributed by atoms with Gasteiger partial charge in [0.25, 0.3) is 5.92 Å². The number of amidine groups is 1. The number of alkyl halides is 2. The Morgan fingerprint density at radius 2 is 2.06 bits per heavy atom. The van der Waals surface area contributed by atoms with E-state index < -0.39 is 11.5 Å². The lowest BCUT2D eigenvalue weighted by atomic mass is 9.62. The fourth-order valence-electron chi connectivity index (χ4n) is 5.99. The Bertz CT molecular complexity index is 912. The van der Waals surface area contributed by atoms with E-state index in [0.717, 1.165) is 38.5 Å². The largest absolute Gasteiger partial charge is 0.384 e. The minimum Gasteiger partial charge on any atom is -0.384 e. The van der Waals surface area contributed by atoms with Gasteiger partial charge in [0.2, 0.25) is 0 Å². The van der Waals surface area contributed by atoms with Crippen LogP contribution in [0.4, 0.5) is 13.2 Å².